The molecule has 2 rings (SSSR count). The van der Waals surface area contributed by atoms with Gasteiger partial charge in [0.15, 0.2) is 0 Å². The third kappa shape index (κ3) is 7.05. The molecule has 0 aliphatic carbocycles. The number of rotatable bonds is 10. The molecule has 0 aromatic heterocycles. The molecule has 1 fully saturated rings. The molecular weight excluding hydrogens is 412 g/mol. The van der Waals surface area contributed by atoms with Crippen molar-refractivity contribution in [3.8, 4) is 0 Å². The highest BCUT2D eigenvalue weighted by Gasteiger charge is 2.38. The number of nitrogens with two attached hydrogens (primary N) is 1. The Bertz CT molecular complexity index is 814. The summed E-state index contributed by atoms with van der Waals surface area (Å²) in [7, 11) is 0. The molecule has 1 aliphatic rings. The summed E-state index contributed by atoms with van der Waals surface area (Å²) in [5.41, 5.74) is 6.89. The molecule has 0 spiro atoms. The van der Waals surface area contributed by atoms with Crippen LogP contribution in [0.4, 0.5) is 0 Å². The van der Waals surface area contributed by atoms with Gasteiger partial charge in [-0.3, -0.25) is 14.4 Å². The fraction of sp³-hybridized carbons (Fsp3) is 0.565. The van der Waals surface area contributed by atoms with Gasteiger partial charge in [-0.25, -0.2) is 4.79 Å². The lowest BCUT2D eigenvalue weighted by Gasteiger charge is -2.29. The number of likely N-dealkylation sites (tertiary alicyclic amines) is 1. The van der Waals surface area contributed by atoms with Crippen LogP contribution in [0.25, 0.3) is 0 Å². The second-order valence-electron chi connectivity index (χ2n) is 8.75. The van der Waals surface area contributed by atoms with E-state index in [0.29, 0.717) is 32.2 Å². The van der Waals surface area contributed by atoms with Crippen molar-refractivity contribution in [1.29, 1.82) is 0 Å². The maximum atomic E-state index is 13.0. The third-order valence-corrected chi connectivity index (χ3v) is 5.53. The van der Waals surface area contributed by atoms with Crippen molar-refractivity contribution in [1.82, 2.24) is 15.5 Å². The molecule has 1 aliphatic heterocycles. The molecule has 1 aromatic carbocycles. The topological polar surface area (TPSA) is 142 Å². The SMILES string of the molecule is CC(C)CC(NC(=O)C(C)NC(=O)C(N)Cc1ccccc1)C(=O)N1CCCC1C(=O)O. The van der Waals surface area contributed by atoms with Gasteiger partial charge in [-0.15, -0.1) is 0 Å². The Morgan fingerprint density at radius 2 is 1.75 bits per heavy atom. The highest BCUT2D eigenvalue weighted by molar-refractivity contribution is 5.94. The summed E-state index contributed by atoms with van der Waals surface area (Å²) in [5.74, 6) is -2.34. The second-order valence-corrected chi connectivity index (χ2v) is 8.75. The van der Waals surface area contributed by atoms with Crippen LogP contribution in [0.2, 0.25) is 0 Å². The summed E-state index contributed by atoms with van der Waals surface area (Å²) in [6.45, 7) is 5.70. The first kappa shape index (κ1) is 25.3. The Morgan fingerprint density at radius 1 is 1.09 bits per heavy atom. The Morgan fingerprint density at radius 3 is 2.34 bits per heavy atom. The van der Waals surface area contributed by atoms with Crippen LogP contribution in [-0.4, -0.2) is 64.4 Å². The number of benzene rings is 1. The Kier molecular flexibility index (Phi) is 9.19. The first-order chi connectivity index (χ1) is 15.1. The number of carboxylic acids is 1. The number of amides is 3. The summed E-state index contributed by atoms with van der Waals surface area (Å²) in [6, 6.07) is 5.87. The first-order valence-corrected chi connectivity index (χ1v) is 11.0. The molecule has 4 unspecified atom stereocenters. The number of aliphatic carboxylic acids is 1. The molecule has 1 aromatic rings. The lowest BCUT2D eigenvalue weighted by atomic mass is 10.0. The molecule has 3 amide bonds. The van der Waals surface area contributed by atoms with Gasteiger partial charge in [0.05, 0.1) is 6.04 Å². The van der Waals surface area contributed by atoms with E-state index < -0.39 is 47.9 Å². The normalized spacial score (nSPS) is 18.7. The Balaban J connectivity index is 1.98. The maximum absolute atomic E-state index is 13.0. The number of nitrogens with one attached hydrogen (secondary N) is 2. The van der Waals surface area contributed by atoms with Crippen LogP contribution >= 0.6 is 0 Å². The first-order valence-electron chi connectivity index (χ1n) is 11.0. The highest BCUT2D eigenvalue weighted by Crippen LogP contribution is 2.20. The van der Waals surface area contributed by atoms with E-state index in [1.165, 1.54) is 11.8 Å². The quantitative estimate of drug-likeness (QED) is 0.416. The van der Waals surface area contributed by atoms with Crippen molar-refractivity contribution in [2.75, 3.05) is 6.54 Å². The van der Waals surface area contributed by atoms with Crippen molar-refractivity contribution in [3.05, 3.63) is 35.9 Å². The van der Waals surface area contributed by atoms with E-state index in [1.54, 1.807) is 0 Å². The minimum Gasteiger partial charge on any atom is -0.480 e. The Labute approximate surface area is 188 Å². The molecule has 4 atom stereocenters. The van der Waals surface area contributed by atoms with Gasteiger partial charge in [0.2, 0.25) is 17.7 Å². The molecule has 1 heterocycles. The van der Waals surface area contributed by atoms with Gasteiger partial charge in [-0.2, -0.15) is 0 Å². The molecule has 0 bridgehead atoms. The van der Waals surface area contributed by atoms with E-state index in [2.05, 4.69) is 10.6 Å². The van der Waals surface area contributed by atoms with Crippen LogP contribution in [0.3, 0.4) is 0 Å². The minimum absolute atomic E-state index is 0.0966. The molecule has 9 nitrogen and oxygen atoms in total. The fourth-order valence-corrected chi connectivity index (χ4v) is 3.82. The summed E-state index contributed by atoms with van der Waals surface area (Å²) >= 11 is 0. The molecular formula is C23H34N4O5. The lowest BCUT2D eigenvalue weighted by molar-refractivity contribution is -0.149. The van der Waals surface area contributed by atoms with Crippen LogP contribution in [0.5, 0.6) is 0 Å². The van der Waals surface area contributed by atoms with Crippen molar-refractivity contribution < 1.29 is 24.3 Å². The van der Waals surface area contributed by atoms with E-state index in [4.69, 9.17) is 5.73 Å². The maximum Gasteiger partial charge on any atom is 0.326 e. The van der Waals surface area contributed by atoms with Gasteiger partial charge in [0.1, 0.15) is 18.1 Å². The van der Waals surface area contributed by atoms with Gasteiger partial charge in [0.25, 0.3) is 0 Å². The summed E-state index contributed by atoms with van der Waals surface area (Å²) in [6.07, 6.45) is 1.70. The third-order valence-electron chi connectivity index (χ3n) is 5.53. The van der Waals surface area contributed by atoms with Crippen LogP contribution < -0.4 is 16.4 Å². The fourth-order valence-electron chi connectivity index (χ4n) is 3.82. The number of hydrogen-bond acceptors (Lipinski definition) is 5. The van der Waals surface area contributed by atoms with Gasteiger partial charge in [0, 0.05) is 6.54 Å². The molecule has 0 radical (unpaired) electrons. The summed E-state index contributed by atoms with van der Waals surface area (Å²) in [5, 5.41) is 14.7. The smallest absolute Gasteiger partial charge is 0.326 e. The van der Waals surface area contributed by atoms with Crippen molar-refractivity contribution in [2.24, 2.45) is 11.7 Å². The zero-order valence-corrected chi connectivity index (χ0v) is 18.9. The monoisotopic (exact) mass is 446 g/mol. The minimum atomic E-state index is -1.04. The standard InChI is InChI=1S/C23H34N4O5/c1-14(2)12-18(22(30)27-11-7-10-19(27)23(31)32)26-20(28)15(3)25-21(29)17(24)13-16-8-5-4-6-9-16/h4-6,8-9,14-15,17-19H,7,10-13,24H2,1-3H3,(H,25,29)(H,26,28)(H,31,32). The average molecular weight is 447 g/mol. The summed E-state index contributed by atoms with van der Waals surface area (Å²) in [4.78, 5) is 51.0. The van der Waals surface area contributed by atoms with Gasteiger partial charge in [-0.1, -0.05) is 44.2 Å². The van der Waals surface area contributed by atoms with Gasteiger partial charge in [-0.05, 0) is 44.1 Å². The second kappa shape index (κ2) is 11.6. The number of carboxylic acid groups (broad SMARTS) is 1. The van der Waals surface area contributed by atoms with E-state index in [9.17, 15) is 24.3 Å². The van der Waals surface area contributed by atoms with E-state index in [0.717, 1.165) is 5.56 Å². The van der Waals surface area contributed by atoms with Crippen LogP contribution in [0, 0.1) is 5.92 Å². The van der Waals surface area contributed by atoms with E-state index in [1.807, 2.05) is 44.2 Å². The zero-order chi connectivity index (χ0) is 23.8. The van der Waals surface area contributed by atoms with Gasteiger partial charge >= 0.3 is 5.97 Å². The molecule has 5 N–H and O–H groups in total. The zero-order valence-electron chi connectivity index (χ0n) is 18.9. The average Bonchev–Trinajstić information content (AvgIpc) is 3.23. The van der Waals surface area contributed by atoms with Crippen molar-refractivity contribution in [2.45, 2.75) is 70.6 Å². The predicted octanol–water partition coefficient (Wildman–Crippen LogP) is 0.668. The molecule has 0 saturated carbocycles. The summed E-state index contributed by atoms with van der Waals surface area (Å²) < 4.78 is 0. The molecule has 1 saturated heterocycles. The number of carbonyl (C=O) groups excluding carboxylic acids is 3. The molecule has 32 heavy (non-hydrogen) atoms. The number of nitrogens with zero attached hydrogens (tertiary/aromatic N) is 1. The Hall–Kier alpha value is -2.94. The van der Waals surface area contributed by atoms with Crippen LogP contribution in [-0.2, 0) is 25.6 Å². The lowest BCUT2D eigenvalue weighted by Crippen LogP contribution is -2.56. The largest absolute Gasteiger partial charge is 0.480 e. The van der Waals surface area contributed by atoms with Gasteiger partial charge < -0.3 is 26.4 Å². The predicted molar refractivity (Wildman–Crippen MR) is 119 cm³/mol. The molecule has 9 heteroatoms. The number of hydrogen-bond donors (Lipinski definition) is 4. The van der Waals surface area contributed by atoms with E-state index in [-0.39, 0.29) is 5.92 Å². The van der Waals surface area contributed by atoms with Crippen LogP contribution in [0.15, 0.2) is 30.3 Å². The van der Waals surface area contributed by atoms with Crippen LogP contribution in [0.1, 0.15) is 45.6 Å². The number of carbonyl (C=O) groups is 4. The molecule has 176 valence electrons. The van der Waals surface area contributed by atoms with Crippen molar-refractivity contribution >= 4 is 23.7 Å². The van der Waals surface area contributed by atoms with Crippen molar-refractivity contribution in [3.63, 3.8) is 0 Å². The van der Waals surface area contributed by atoms with E-state index >= 15 is 0 Å². The highest BCUT2D eigenvalue weighted by atomic mass is 16.4.